The van der Waals surface area contributed by atoms with E-state index in [1.165, 1.54) is 26.2 Å². The maximum absolute atomic E-state index is 12.1. The molecule has 0 spiro atoms. The first-order valence-corrected chi connectivity index (χ1v) is 8.00. The highest BCUT2D eigenvalue weighted by molar-refractivity contribution is 5.95. The van der Waals surface area contributed by atoms with Crippen molar-refractivity contribution in [2.45, 2.75) is 0 Å². The van der Waals surface area contributed by atoms with Gasteiger partial charge in [-0.15, -0.1) is 0 Å². The van der Waals surface area contributed by atoms with Crippen LogP contribution in [-0.2, 0) is 23.6 Å². The topological polar surface area (TPSA) is 118 Å². The second-order valence-electron chi connectivity index (χ2n) is 5.75. The number of amides is 1. The Morgan fingerprint density at radius 2 is 1.78 bits per heavy atom. The lowest BCUT2D eigenvalue weighted by Gasteiger charge is -2.18. The Morgan fingerprint density at radius 1 is 1.07 bits per heavy atom. The Kier molecular flexibility index (Phi) is 4.97. The number of esters is 1. The van der Waals surface area contributed by atoms with E-state index in [0.717, 1.165) is 15.2 Å². The van der Waals surface area contributed by atoms with Gasteiger partial charge in [0, 0.05) is 20.2 Å². The molecule has 1 aliphatic rings. The molecule has 0 unspecified atom stereocenters. The molecule has 10 heteroatoms. The van der Waals surface area contributed by atoms with E-state index in [4.69, 9.17) is 14.2 Å². The van der Waals surface area contributed by atoms with Gasteiger partial charge < -0.3 is 19.5 Å². The minimum atomic E-state index is -0.722. The van der Waals surface area contributed by atoms with E-state index in [9.17, 15) is 19.2 Å². The van der Waals surface area contributed by atoms with E-state index in [1.807, 2.05) is 0 Å². The number of aromatic nitrogens is 2. The van der Waals surface area contributed by atoms with Gasteiger partial charge in [0.15, 0.2) is 18.1 Å². The van der Waals surface area contributed by atoms with Gasteiger partial charge in [0.25, 0.3) is 11.5 Å². The van der Waals surface area contributed by atoms with Crippen LogP contribution in [0.25, 0.3) is 0 Å². The van der Waals surface area contributed by atoms with Crippen molar-refractivity contribution >= 4 is 17.7 Å². The zero-order chi connectivity index (χ0) is 19.6. The van der Waals surface area contributed by atoms with Gasteiger partial charge in [-0.2, -0.15) is 0 Å². The number of carbonyl (C=O) groups is 2. The second-order valence-corrected chi connectivity index (χ2v) is 5.75. The molecule has 0 radical (unpaired) electrons. The third-order valence-electron chi connectivity index (χ3n) is 3.91. The molecule has 0 bridgehead atoms. The minimum absolute atomic E-state index is 0.00322. The standard InChI is InChI=1S/C17H17N3O7/c1-19-13(8-15(22)20(2)17(19)24)18-14(21)9-27-16(23)10-3-4-11-12(7-10)26-6-5-25-11/h3-4,7-8H,5-6,9H2,1-2H3,(H,18,21). The Morgan fingerprint density at radius 3 is 2.52 bits per heavy atom. The second kappa shape index (κ2) is 7.36. The molecule has 27 heavy (non-hydrogen) atoms. The molecule has 1 aliphatic heterocycles. The monoisotopic (exact) mass is 375 g/mol. The highest BCUT2D eigenvalue weighted by Gasteiger charge is 2.17. The normalized spacial score (nSPS) is 12.4. The molecule has 0 atom stereocenters. The van der Waals surface area contributed by atoms with Crippen molar-refractivity contribution in [3.63, 3.8) is 0 Å². The Bertz CT molecular complexity index is 1020. The highest BCUT2D eigenvalue weighted by Crippen LogP contribution is 2.30. The number of hydrogen-bond acceptors (Lipinski definition) is 7. The molecule has 3 rings (SSSR count). The lowest BCUT2D eigenvalue weighted by molar-refractivity contribution is -0.119. The van der Waals surface area contributed by atoms with Crippen LogP contribution < -0.4 is 26.0 Å². The average Bonchev–Trinajstić information content (AvgIpc) is 2.68. The van der Waals surface area contributed by atoms with Crippen LogP contribution in [0, 0.1) is 0 Å². The number of fused-ring (bicyclic) bond motifs is 1. The average molecular weight is 375 g/mol. The number of rotatable bonds is 4. The van der Waals surface area contributed by atoms with Crippen LogP contribution in [0.3, 0.4) is 0 Å². The zero-order valence-corrected chi connectivity index (χ0v) is 14.7. The summed E-state index contributed by atoms with van der Waals surface area (Å²) in [6.07, 6.45) is 0. The lowest BCUT2D eigenvalue weighted by Crippen LogP contribution is -2.38. The summed E-state index contributed by atoms with van der Waals surface area (Å²) in [5.74, 6) is -0.454. The molecule has 1 aromatic heterocycles. The van der Waals surface area contributed by atoms with E-state index in [-0.39, 0.29) is 11.4 Å². The molecule has 0 fully saturated rings. The quantitative estimate of drug-likeness (QED) is 0.726. The van der Waals surface area contributed by atoms with Gasteiger partial charge in [0.05, 0.1) is 5.56 Å². The molecule has 1 N–H and O–H groups in total. The fraction of sp³-hybridized carbons (Fsp3) is 0.294. The first-order valence-electron chi connectivity index (χ1n) is 8.00. The van der Waals surface area contributed by atoms with Crippen molar-refractivity contribution in [2.24, 2.45) is 14.1 Å². The lowest BCUT2D eigenvalue weighted by atomic mass is 10.2. The molecule has 10 nitrogen and oxygen atoms in total. The van der Waals surface area contributed by atoms with E-state index in [2.05, 4.69) is 5.32 Å². The number of nitrogens with one attached hydrogen (secondary N) is 1. The summed E-state index contributed by atoms with van der Waals surface area (Å²) in [7, 11) is 2.73. The van der Waals surface area contributed by atoms with Crippen molar-refractivity contribution in [1.82, 2.24) is 9.13 Å². The number of ether oxygens (including phenoxy) is 3. The van der Waals surface area contributed by atoms with Crippen molar-refractivity contribution in [3.8, 4) is 11.5 Å². The number of carbonyl (C=O) groups excluding carboxylic acids is 2. The van der Waals surface area contributed by atoms with Crippen molar-refractivity contribution in [3.05, 3.63) is 50.7 Å². The predicted molar refractivity (Wildman–Crippen MR) is 93.3 cm³/mol. The molecule has 1 amide bonds. The van der Waals surface area contributed by atoms with Crippen LogP contribution in [0.2, 0.25) is 0 Å². The number of anilines is 1. The van der Waals surface area contributed by atoms with Crippen molar-refractivity contribution < 1.29 is 23.8 Å². The third-order valence-corrected chi connectivity index (χ3v) is 3.91. The Balaban J connectivity index is 1.63. The van der Waals surface area contributed by atoms with Crippen LogP contribution in [-0.4, -0.2) is 40.8 Å². The van der Waals surface area contributed by atoms with Crippen LogP contribution in [0.15, 0.2) is 33.9 Å². The van der Waals surface area contributed by atoms with E-state index in [0.29, 0.717) is 24.7 Å². The van der Waals surface area contributed by atoms with Crippen molar-refractivity contribution in [2.75, 3.05) is 25.1 Å². The molecule has 142 valence electrons. The first-order chi connectivity index (χ1) is 12.9. The molecule has 2 aromatic rings. The third kappa shape index (κ3) is 3.84. The predicted octanol–water partition coefficient (Wildman–Crippen LogP) is -0.349. The largest absolute Gasteiger partial charge is 0.486 e. The fourth-order valence-electron chi connectivity index (χ4n) is 2.42. The van der Waals surface area contributed by atoms with Gasteiger partial charge in [-0.3, -0.25) is 18.7 Å². The summed E-state index contributed by atoms with van der Waals surface area (Å²) in [5.41, 5.74) is -0.958. The smallest absolute Gasteiger partial charge is 0.338 e. The van der Waals surface area contributed by atoms with Crippen LogP contribution in [0.5, 0.6) is 11.5 Å². The van der Waals surface area contributed by atoms with Gasteiger partial charge >= 0.3 is 11.7 Å². The van der Waals surface area contributed by atoms with Crippen molar-refractivity contribution in [1.29, 1.82) is 0 Å². The SMILES string of the molecule is Cn1c(NC(=O)COC(=O)c2ccc3c(c2)OCCO3)cc(=O)n(C)c1=O. The zero-order valence-electron chi connectivity index (χ0n) is 14.7. The molecule has 0 saturated heterocycles. The summed E-state index contributed by atoms with van der Waals surface area (Å²) < 4.78 is 17.7. The van der Waals surface area contributed by atoms with E-state index < -0.39 is 29.7 Å². The summed E-state index contributed by atoms with van der Waals surface area (Å²) in [6.45, 7) is 0.224. The van der Waals surface area contributed by atoms with Crippen LogP contribution >= 0.6 is 0 Å². The number of benzene rings is 1. The first kappa shape index (κ1) is 18.2. The molecular weight excluding hydrogens is 358 g/mol. The molecule has 1 aromatic carbocycles. The molecule has 0 saturated carbocycles. The summed E-state index contributed by atoms with van der Waals surface area (Å²) in [5, 5.41) is 2.36. The van der Waals surface area contributed by atoms with E-state index >= 15 is 0 Å². The van der Waals surface area contributed by atoms with Gasteiger partial charge in [-0.25, -0.2) is 9.59 Å². The van der Waals surface area contributed by atoms with Gasteiger partial charge in [0.2, 0.25) is 0 Å². The maximum Gasteiger partial charge on any atom is 0.338 e. The summed E-state index contributed by atoms with van der Waals surface area (Å²) >= 11 is 0. The number of hydrogen-bond donors (Lipinski definition) is 1. The van der Waals surface area contributed by atoms with E-state index in [1.54, 1.807) is 6.07 Å². The van der Waals surface area contributed by atoms with Crippen LogP contribution in [0.1, 0.15) is 10.4 Å². The van der Waals surface area contributed by atoms with Crippen LogP contribution in [0.4, 0.5) is 5.82 Å². The Labute approximate surface area is 152 Å². The Hall–Kier alpha value is -3.56. The van der Waals surface area contributed by atoms with Gasteiger partial charge in [-0.1, -0.05) is 0 Å². The molecule has 0 aliphatic carbocycles. The summed E-state index contributed by atoms with van der Waals surface area (Å²) in [4.78, 5) is 47.6. The fourth-order valence-corrected chi connectivity index (χ4v) is 2.42. The number of nitrogens with zero attached hydrogens (tertiary/aromatic N) is 2. The van der Waals surface area contributed by atoms with Gasteiger partial charge in [-0.05, 0) is 18.2 Å². The molecule has 2 heterocycles. The van der Waals surface area contributed by atoms with Gasteiger partial charge in [0.1, 0.15) is 19.0 Å². The summed E-state index contributed by atoms with van der Waals surface area (Å²) in [6, 6.07) is 5.65. The maximum atomic E-state index is 12.1. The minimum Gasteiger partial charge on any atom is -0.486 e. The highest BCUT2D eigenvalue weighted by atomic mass is 16.6. The molecular formula is C17H17N3O7.